The van der Waals surface area contributed by atoms with Gasteiger partial charge in [-0.05, 0) is 17.0 Å². The molecule has 0 spiro atoms. The molecule has 2 aromatic rings. The van der Waals surface area contributed by atoms with Crippen molar-refractivity contribution >= 4 is 17.3 Å². The lowest BCUT2D eigenvalue weighted by Gasteiger charge is -2.21. The van der Waals surface area contributed by atoms with Crippen LogP contribution in [0.1, 0.15) is 22.9 Å². The molecule has 2 heterocycles. The molecule has 1 aromatic heterocycles. The number of benzene rings is 1. The summed E-state index contributed by atoms with van der Waals surface area (Å²) in [7, 11) is 1.39. The van der Waals surface area contributed by atoms with E-state index in [-0.39, 0.29) is 12.0 Å². The quantitative estimate of drug-likeness (QED) is 0.813. The molecule has 5 heteroatoms. The number of nitrogens with zero attached hydrogens (tertiary/aromatic N) is 1. The van der Waals surface area contributed by atoms with Gasteiger partial charge in [-0.1, -0.05) is 36.4 Å². The number of thiophene rings is 1. The smallest absolute Gasteiger partial charge is 0.337 e. The zero-order valence-electron chi connectivity index (χ0n) is 11.8. The molecule has 0 saturated carbocycles. The van der Waals surface area contributed by atoms with Crippen LogP contribution >= 0.6 is 11.3 Å². The summed E-state index contributed by atoms with van der Waals surface area (Å²) >= 11 is 1.68. The van der Waals surface area contributed by atoms with Crippen molar-refractivity contribution in [1.29, 1.82) is 0 Å². The molecule has 1 saturated heterocycles. The highest BCUT2D eigenvalue weighted by Crippen LogP contribution is 2.37. The largest absolute Gasteiger partial charge is 0.467 e. The van der Waals surface area contributed by atoms with Gasteiger partial charge >= 0.3 is 5.97 Å². The Balaban J connectivity index is 1.80. The predicted molar refractivity (Wildman–Crippen MR) is 80.6 cm³/mol. The Morgan fingerprint density at radius 1 is 1.33 bits per heavy atom. The normalized spacial score (nSPS) is 22.3. The molecule has 1 fully saturated rings. The molecule has 0 aliphatic carbocycles. The van der Waals surface area contributed by atoms with Crippen LogP contribution in [0, 0.1) is 0 Å². The minimum absolute atomic E-state index is 0.0920. The summed E-state index contributed by atoms with van der Waals surface area (Å²) < 4.78 is 4.81. The Kier molecular flexibility index (Phi) is 4.34. The molecule has 0 radical (unpaired) electrons. The predicted octanol–water partition coefficient (Wildman–Crippen LogP) is 3.17. The van der Waals surface area contributed by atoms with Crippen LogP contribution in [0.2, 0.25) is 0 Å². The number of carbonyl (C=O) groups is 1. The molecule has 4 nitrogen and oxygen atoms in total. The molecule has 0 unspecified atom stereocenters. The summed E-state index contributed by atoms with van der Waals surface area (Å²) in [6, 6.07) is 14.3. The molecule has 1 aliphatic rings. The van der Waals surface area contributed by atoms with E-state index in [1.165, 1.54) is 12.0 Å². The lowest BCUT2D eigenvalue weighted by Crippen LogP contribution is -2.25. The maximum Gasteiger partial charge on any atom is 0.337 e. The molecule has 3 rings (SSSR count). The Hall–Kier alpha value is -1.69. The van der Waals surface area contributed by atoms with Gasteiger partial charge in [0.2, 0.25) is 0 Å². The highest BCUT2D eigenvalue weighted by atomic mass is 32.1. The first-order valence-corrected chi connectivity index (χ1v) is 7.74. The zero-order chi connectivity index (χ0) is 14.7. The van der Waals surface area contributed by atoms with Crippen LogP contribution in [-0.2, 0) is 20.9 Å². The van der Waals surface area contributed by atoms with E-state index in [1.54, 1.807) is 11.3 Å². The molecular formula is C16H17NO3S. The van der Waals surface area contributed by atoms with E-state index in [1.807, 2.05) is 34.7 Å². The Morgan fingerprint density at radius 3 is 2.81 bits per heavy atom. The van der Waals surface area contributed by atoms with Gasteiger partial charge in [0, 0.05) is 17.8 Å². The van der Waals surface area contributed by atoms with Gasteiger partial charge in [0.05, 0.1) is 13.2 Å². The average molecular weight is 303 g/mol. The van der Waals surface area contributed by atoms with Crippen LogP contribution in [0.25, 0.3) is 0 Å². The number of methoxy groups -OCH3 is 1. The summed E-state index contributed by atoms with van der Waals surface area (Å²) in [5.74, 6) is -0.313. The fraction of sp³-hybridized carbons (Fsp3) is 0.312. The van der Waals surface area contributed by atoms with E-state index in [4.69, 9.17) is 9.57 Å². The Bertz CT molecular complexity index is 585. The van der Waals surface area contributed by atoms with Gasteiger partial charge in [0.1, 0.15) is 0 Å². The fourth-order valence-corrected chi connectivity index (χ4v) is 3.36. The molecule has 1 aliphatic heterocycles. The second kappa shape index (κ2) is 6.39. The molecule has 1 aromatic carbocycles. The Labute approximate surface area is 127 Å². The van der Waals surface area contributed by atoms with Crippen LogP contribution in [0.5, 0.6) is 0 Å². The van der Waals surface area contributed by atoms with Crippen LogP contribution < -0.4 is 0 Å². The van der Waals surface area contributed by atoms with Gasteiger partial charge < -0.3 is 4.74 Å². The molecule has 0 N–H and O–H groups in total. The van der Waals surface area contributed by atoms with Gasteiger partial charge in [-0.3, -0.25) is 4.84 Å². The van der Waals surface area contributed by atoms with Crippen LogP contribution in [0.4, 0.5) is 0 Å². The number of esters is 1. The second-order valence-corrected chi connectivity index (χ2v) is 5.92. The number of rotatable bonds is 4. The monoisotopic (exact) mass is 303 g/mol. The maximum absolute atomic E-state index is 11.8. The third kappa shape index (κ3) is 3.15. The van der Waals surface area contributed by atoms with Crippen molar-refractivity contribution in [2.75, 3.05) is 7.11 Å². The van der Waals surface area contributed by atoms with Crippen molar-refractivity contribution in [3.05, 3.63) is 58.3 Å². The maximum atomic E-state index is 11.8. The van der Waals surface area contributed by atoms with Crippen molar-refractivity contribution in [1.82, 2.24) is 5.06 Å². The average Bonchev–Trinajstić information content (AvgIpc) is 3.16. The van der Waals surface area contributed by atoms with Crippen LogP contribution in [0.15, 0.2) is 47.8 Å². The number of ether oxygens (including phenoxy) is 1. The zero-order valence-corrected chi connectivity index (χ0v) is 12.6. The van der Waals surface area contributed by atoms with Crippen molar-refractivity contribution in [3.63, 3.8) is 0 Å². The summed E-state index contributed by atoms with van der Waals surface area (Å²) in [5.41, 5.74) is 1.16. The SMILES string of the molecule is COC(=O)[C@H]1C[C@H](c2cccs2)N(Cc2ccccc2)O1. The van der Waals surface area contributed by atoms with Crippen LogP contribution in [0.3, 0.4) is 0 Å². The van der Waals surface area contributed by atoms with E-state index in [2.05, 4.69) is 18.2 Å². The third-order valence-corrected chi connectivity index (χ3v) is 4.54. The topological polar surface area (TPSA) is 38.8 Å². The van der Waals surface area contributed by atoms with Crippen molar-refractivity contribution < 1.29 is 14.4 Å². The number of hydrogen-bond acceptors (Lipinski definition) is 5. The van der Waals surface area contributed by atoms with E-state index in [0.717, 1.165) is 5.56 Å². The summed E-state index contributed by atoms with van der Waals surface area (Å²) in [5, 5.41) is 3.93. The van der Waals surface area contributed by atoms with E-state index in [0.29, 0.717) is 13.0 Å². The van der Waals surface area contributed by atoms with E-state index < -0.39 is 6.10 Å². The van der Waals surface area contributed by atoms with Crippen LogP contribution in [-0.4, -0.2) is 24.2 Å². The summed E-state index contributed by atoms with van der Waals surface area (Å²) in [6.45, 7) is 0.650. The van der Waals surface area contributed by atoms with E-state index in [9.17, 15) is 4.79 Å². The van der Waals surface area contributed by atoms with Gasteiger partial charge in [0.25, 0.3) is 0 Å². The molecule has 0 bridgehead atoms. The minimum atomic E-state index is -0.522. The number of hydroxylamine groups is 2. The van der Waals surface area contributed by atoms with Crippen molar-refractivity contribution in [2.24, 2.45) is 0 Å². The van der Waals surface area contributed by atoms with Crippen molar-refractivity contribution in [3.8, 4) is 0 Å². The highest BCUT2D eigenvalue weighted by Gasteiger charge is 2.39. The highest BCUT2D eigenvalue weighted by molar-refractivity contribution is 7.10. The standard InChI is InChI=1S/C16H17NO3S/c1-19-16(18)14-10-13(15-8-5-9-21-15)17(20-14)11-12-6-3-2-4-7-12/h2-9,13-14H,10-11H2,1H3/t13-,14-/m1/s1. The summed E-state index contributed by atoms with van der Waals surface area (Å²) in [4.78, 5) is 18.8. The Morgan fingerprint density at radius 2 is 2.14 bits per heavy atom. The minimum Gasteiger partial charge on any atom is -0.467 e. The van der Waals surface area contributed by atoms with E-state index >= 15 is 0 Å². The molecular weight excluding hydrogens is 286 g/mol. The third-order valence-electron chi connectivity index (χ3n) is 3.56. The molecule has 21 heavy (non-hydrogen) atoms. The van der Waals surface area contributed by atoms with Crippen molar-refractivity contribution in [2.45, 2.75) is 25.1 Å². The first-order chi connectivity index (χ1) is 10.3. The van der Waals surface area contributed by atoms with Gasteiger partial charge in [-0.2, -0.15) is 5.06 Å². The lowest BCUT2D eigenvalue weighted by atomic mass is 10.1. The first-order valence-electron chi connectivity index (χ1n) is 6.86. The number of hydrogen-bond donors (Lipinski definition) is 0. The molecule has 110 valence electrons. The second-order valence-electron chi connectivity index (χ2n) is 4.94. The first kappa shape index (κ1) is 14.3. The fourth-order valence-electron chi connectivity index (χ4n) is 2.52. The summed E-state index contributed by atoms with van der Waals surface area (Å²) in [6.07, 6.45) is 0.103. The molecule has 2 atom stereocenters. The van der Waals surface area contributed by atoms with Gasteiger partial charge in [-0.15, -0.1) is 11.3 Å². The number of carbonyl (C=O) groups excluding carboxylic acids is 1. The van der Waals surface area contributed by atoms with Gasteiger partial charge in [0.15, 0.2) is 6.10 Å². The molecule has 0 amide bonds. The van der Waals surface area contributed by atoms with Gasteiger partial charge in [-0.25, -0.2) is 4.79 Å². The lowest BCUT2D eigenvalue weighted by molar-refractivity contribution is -0.191.